The van der Waals surface area contributed by atoms with Crippen molar-refractivity contribution in [2.24, 2.45) is 5.73 Å². The molecule has 0 saturated heterocycles. The van der Waals surface area contributed by atoms with Crippen LogP contribution >= 0.6 is 0 Å². The highest BCUT2D eigenvalue weighted by Gasteiger charge is 2.03. The number of hydrogen-bond donors (Lipinski definition) is 2. The van der Waals surface area contributed by atoms with Gasteiger partial charge in [-0.1, -0.05) is 17.7 Å². The Hall–Kier alpha value is -1.81. The Balaban J connectivity index is 1.97. The molecule has 4 nitrogen and oxygen atoms in total. The first-order valence-corrected chi connectivity index (χ1v) is 6.12. The van der Waals surface area contributed by atoms with Crippen molar-refractivity contribution in [1.29, 1.82) is 0 Å². The molecule has 0 saturated carbocycles. The van der Waals surface area contributed by atoms with E-state index >= 15 is 0 Å². The van der Waals surface area contributed by atoms with Gasteiger partial charge in [-0.3, -0.25) is 0 Å². The maximum Gasteiger partial charge on any atom is 0.146 e. The lowest BCUT2D eigenvalue weighted by atomic mass is 10.1. The van der Waals surface area contributed by atoms with E-state index in [1.54, 1.807) is 0 Å². The second kappa shape index (κ2) is 5.69. The summed E-state index contributed by atoms with van der Waals surface area (Å²) >= 11 is 0. The summed E-state index contributed by atoms with van der Waals surface area (Å²) < 4.78 is 5.74. The number of aryl methyl sites for hydroxylation is 2. The summed E-state index contributed by atoms with van der Waals surface area (Å²) in [6.45, 7) is 5.20. The fourth-order valence-electron chi connectivity index (χ4n) is 1.87. The van der Waals surface area contributed by atoms with Gasteiger partial charge in [0, 0.05) is 18.3 Å². The topological polar surface area (TPSA) is 63.9 Å². The first-order valence-electron chi connectivity index (χ1n) is 6.12. The molecule has 3 N–H and O–H groups in total. The predicted octanol–water partition coefficient (Wildman–Crippen LogP) is 2.11. The van der Waals surface area contributed by atoms with Crippen molar-refractivity contribution in [2.75, 3.05) is 6.54 Å². The van der Waals surface area contributed by atoms with Crippen molar-refractivity contribution >= 4 is 0 Å². The van der Waals surface area contributed by atoms with E-state index in [0.717, 1.165) is 29.3 Å². The van der Waals surface area contributed by atoms with Crippen LogP contribution in [-0.2, 0) is 13.0 Å². The van der Waals surface area contributed by atoms with Crippen LogP contribution in [0, 0.1) is 13.8 Å². The maximum absolute atomic E-state index is 5.74. The summed E-state index contributed by atoms with van der Waals surface area (Å²) in [6.07, 6.45) is 2.63. The molecule has 1 aromatic carbocycles. The van der Waals surface area contributed by atoms with Gasteiger partial charge in [0.05, 0.1) is 0 Å². The second-order valence-electron chi connectivity index (χ2n) is 4.45. The third kappa shape index (κ3) is 3.11. The summed E-state index contributed by atoms with van der Waals surface area (Å²) in [5.74, 6) is 1.73. The highest BCUT2D eigenvalue weighted by atomic mass is 16.5. The molecule has 0 radical (unpaired) electrons. The van der Waals surface area contributed by atoms with Gasteiger partial charge in [0.15, 0.2) is 0 Å². The molecule has 1 aromatic heterocycles. The Morgan fingerprint density at radius 2 is 2.17 bits per heavy atom. The molecule has 0 spiro atoms. The molecule has 4 heteroatoms. The minimum atomic E-state index is 0.453. The number of rotatable bonds is 5. The van der Waals surface area contributed by atoms with Crippen LogP contribution < -0.4 is 10.5 Å². The third-order valence-corrected chi connectivity index (χ3v) is 2.79. The van der Waals surface area contributed by atoms with Crippen LogP contribution in [0.15, 0.2) is 24.4 Å². The molecule has 0 atom stereocenters. The van der Waals surface area contributed by atoms with Gasteiger partial charge in [-0.15, -0.1) is 0 Å². The molecule has 0 fully saturated rings. The number of aromatic nitrogens is 2. The quantitative estimate of drug-likeness (QED) is 0.848. The lowest BCUT2D eigenvalue weighted by Gasteiger charge is -2.08. The number of imidazole rings is 1. The van der Waals surface area contributed by atoms with Crippen LogP contribution in [0.4, 0.5) is 0 Å². The molecular weight excluding hydrogens is 226 g/mol. The van der Waals surface area contributed by atoms with Crippen molar-refractivity contribution in [1.82, 2.24) is 9.97 Å². The van der Waals surface area contributed by atoms with E-state index in [1.807, 2.05) is 25.3 Å². The van der Waals surface area contributed by atoms with Crippen molar-refractivity contribution in [3.63, 3.8) is 0 Å². The summed E-state index contributed by atoms with van der Waals surface area (Å²) in [7, 11) is 0. The molecule has 2 rings (SSSR count). The number of nitrogens with one attached hydrogen (secondary N) is 1. The minimum absolute atomic E-state index is 0.453. The zero-order chi connectivity index (χ0) is 13.0. The van der Waals surface area contributed by atoms with E-state index in [0.29, 0.717) is 13.2 Å². The Morgan fingerprint density at radius 3 is 2.89 bits per heavy atom. The molecule has 0 aliphatic heterocycles. The zero-order valence-corrected chi connectivity index (χ0v) is 10.9. The van der Waals surface area contributed by atoms with Crippen molar-refractivity contribution in [3.05, 3.63) is 47.0 Å². The minimum Gasteiger partial charge on any atom is -0.485 e. The summed E-state index contributed by atoms with van der Waals surface area (Å²) in [6, 6.07) is 6.15. The maximum atomic E-state index is 5.74. The standard InChI is InChI=1S/C14H19N3O/c1-10-3-4-13(11(2)7-10)18-9-14-16-8-12(17-14)5-6-15/h3-4,7-8H,5-6,9,15H2,1-2H3,(H,16,17). The van der Waals surface area contributed by atoms with Crippen molar-refractivity contribution in [3.8, 4) is 5.75 Å². The predicted molar refractivity (Wildman–Crippen MR) is 71.6 cm³/mol. The third-order valence-electron chi connectivity index (χ3n) is 2.79. The van der Waals surface area contributed by atoms with E-state index in [9.17, 15) is 0 Å². The Morgan fingerprint density at radius 1 is 1.33 bits per heavy atom. The van der Waals surface area contributed by atoms with Gasteiger partial charge in [-0.2, -0.15) is 0 Å². The monoisotopic (exact) mass is 245 g/mol. The second-order valence-corrected chi connectivity index (χ2v) is 4.45. The van der Waals surface area contributed by atoms with Crippen LogP contribution in [0.3, 0.4) is 0 Å². The van der Waals surface area contributed by atoms with E-state index in [1.165, 1.54) is 5.56 Å². The van der Waals surface area contributed by atoms with E-state index in [4.69, 9.17) is 10.5 Å². The number of nitrogens with two attached hydrogens (primary N) is 1. The van der Waals surface area contributed by atoms with E-state index < -0.39 is 0 Å². The van der Waals surface area contributed by atoms with Crippen LogP contribution in [0.25, 0.3) is 0 Å². The van der Waals surface area contributed by atoms with Crippen LogP contribution in [-0.4, -0.2) is 16.5 Å². The summed E-state index contributed by atoms with van der Waals surface area (Å²) in [4.78, 5) is 7.46. The SMILES string of the molecule is Cc1ccc(OCc2ncc(CCN)[nH]2)c(C)c1. The Bertz CT molecular complexity index is 520. The van der Waals surface area contributed by atoms with Crippen LogP contribution in [0.1, 0.15) is 22.6 Å². The summed E-state index contributed by atoms with van der Waals surface area (Å²) in [5.41, 5.74) is 8.92. The average Bonchev–Trinajstić information content (AvgIpc) is 2.76. The molecule has 0 bridgehead atoms. The lowest BCUT2D eigenvalue weighted by Crippen LogP contribution is -2.03. The molecule has 0 aliphatic carbocycles. The molecule has 0 aliphatic rings. The molecule has 18 heavy (non-hydrogen) atoms. The first-order chi connectivity index (χ1) is 8.69. The van der Waals surface area contributed by atoms with Gasteiger partial charge in [-0.25, -0.2) is 4.98 Å². The van der Waals surface area contributed by atoms with Gasteiger partial charge < -0.3 is 15.5 Å². The van der Waals surface area contributed by atoms with E-state index in [2.05, 4.69) is 23.0 Å². The van der Waals surface area contributed by atoms with Crippen molar-refractivity contribution < 1.29 is 4.74 Å². The number of nitrogens with zero attached hydrogens (tertiary/aromatic N) is 1. The molecule has 1 heterocycles. The number of hydrogen-bond acceptors (Lipinski definition) is 3. The molecule has 2 aromatic rings. The normalized spacial score (nSPS) is 10.6. The Labute approximate surface area is 107 Å². The summed E-state index contributed by atoms with van der Waals surface area (Å²) in [5, 5.41) is 0. The number of H-pyrrole nitrogens is 1. The smallest absolute Gasteiger partial charge is 0.146 e. The zero-order valence-electron chi connectivity index (χ0n) is 10.9. The fourth-order valence-corrected chi connectivity index (χ4v) is 1.87. The average molecular weight is 245 g/mol. The van der Waals surface area contributed by atoms with Crippen molar-refractivity contribution in [2.45, 2.75) is 26.9 Å². The van der Waals surface area contributed by atoms with E-state index in [-0.39, 0.29) is 0 Å². The van der Waals surface area contributed by atoms with Gasteiger partial charge in [-0.05, 0) is 32.0 Å². The number of benzene rings is 1. The first kappa shape index (κ1) is 12.6. The highest BCUT2D eigenvalue weighted by molar-refractivity contribution is 5.35. The van der Waals surface area contributed by atoms with Gasteiger partial charge >= 0.3 is 0 Å². The molecule has 96 valence electrons. The fraction of sp³-hybridized carbons (Fsp3) is 0.357. The number of ether oxygens (including phenoxy) is 1. The van der Waals surface area contributed by atoms with Gasteiger partial charge in [0.25, 0.3) is 0 Å². The highest BCUT2D eigenvalue weighted by Crippen LogP contribution is 2.19. The van der Waals surface area contributed by atoms with Gasteiger partial charge in [0.2, 0.25) is 0 Å². The van der Waals surface area contributed by atoms with Crippen LogP contribution in [0.2, 0.25) is 0 Å². The van der Waals surface area contributed by atoms with Crippen LogP contribution in [0.5, 0.6) is 5.75 Å². The molecule has 0 amide bonds. The molecular formula is C14H19N3O. The largest absolute Gasteiger partial charge is 0.485 e. The molecule has 0 unspecified atom stereocenters. The Kier molecular flexibility index (Phi) is 3.99. The number of aromatic amines is 1. The lowest BCUT2D eigenvalue weighted by molar-refractivity contribution is 0.295. The van der Waals surface area contributed by atoms with Gasteiger partial charge in [0.1, 0.15) is 18.2 Å².